The second kappa shape index (κ2) is 6.26. The monoisotopic (exact) mass is 331 g/mol. The van der Waals surface area contributed by atoms with Crippen molar-refractivity contribution >= 4 is 46.3 Å². The Labute approximate surface area is 129 Å². The van der Waals surface area contributed by atoms with Crippen LogP contribution < -0.4 is 5.32 Å². The summed E-state index contributed by atoms with van der Waals surface area (Å²) in [5.41, 5.74) is 0.671. The highest BCUT2D eigenvalue weighted by molar-refractivity contribution is 6.42. The van der Waals surface area contributed by atoms with E-state index in [2.05, 4.69) is 10.3 Å². The number of nitrogens with zero attached hydrogens (tertiary/aromatic N) is 2. The van der Waals surface area contributed by atoms with Crippen molar-refractivity contribution < 1.29 is 4.92 Å². The summed E-state index contributed by atoms with van der Waals surface area (Å²) in [5.74, 6) is 0.105. The van der Waals surface area contributed by atoms with Gasteiger partial charge in [0.05, 0.1) is 15.0 Å². The molecule has 0 fully saturated rings. The van der Waals surface area contributed by atoms with Crippen LogP contribution in [0.4, 0.5) is 11.5 Å². The quantitative estimate of drug-likeness (QED) is 0.506. The molecule has 0 radical (unpaired) electrons. The van der Waals surface area contributed by atoms with Gasteiger partial charge in [0.2, 0.25) is 5.82 Å². The van der Waals surface area contributed by atoms with Gasteiger partial charge in [0.25, 0.3) is 0 Å². The Balaban J connectivity index is 2.20. The van der Waals surface area contributed by atoms with E-state index in [0.717, 1.165) is 5.56 Å². The van der Waals surface area contributed by atoms with Crippen LogP contribution in [0.1, 0.15) is 5.56 Å². The van der Waals surface area contributed by atoms with E-state index in [0.29, 0.717) is 16.6 Å². The summed E-state index contributed by atoms with van der Waals surface area (Å²) in [5, 5.41) is 14.8. The molecule has 104 valence electrons. The Hall–Kier alpha value is -1.56. The van der Waals surface area contributed by atoms with Crippen molar-refractivity contribution in [2.75, 3.05) is 5.32 Å². The summed E-state index contributed by atoms with van der Waals surface area (Å²) in [6, 6.07) is 7.75. The molecule has 1 aromatic carbocycles. The van der Waals surface area contributed by atoms with Gasteiger partial charge in [0.1, 0.15) is 5.15 Å². The standard InChI is InChI=1S/C12H8Cl3N3O2/c13-8-2-1-7(5-9(8)14)6-16-12-10(18(19)20)3-4-11(15)17-12/h1-5H,6H2,(H,16,17). The minimum absolute atomic E-state index is 0.105. The minimum atomic E-state index is -0.527. The minimum Gasteiger partial charge on any atom is -0.360 e. The Morgan fingerprint density at radius 2 is 1.90 bits per heavy atom. The van der Waals surface area contributed by atoms with Gasteiger partial charge in [-0.1, -0.05) is 40.9 Å². The van der Waals surface area contributed by atoms with Crippen molar-refractivity contribution in [3.05, 3.63) is 61.2 Å². The molecule has 0 saturated heterocycles. The molecular formula is C12H8Cl3N3O2. The number of hydrogen-bond donors (Lipinski definition) is 1. The third-order valence-electron chi connectivity index (χ3n) is 2.48. The summed E-state index contributed by atoms with van der Waals surface area (Å²) in [6.07, 6.45) is 0. The van der Waals surface area contributed by atoms with Gasteiger partial charge < -0.3 is 5.32 Å². The molecule has 0 atom stereocenters. The van der Waals surface area contributed by atoms with Crippen molar-refractivity contribution in [3.63, 3.8) is 0 Å². The number of pyridine rings is 1. The van der Waals surface area contributed by atoms with Crippen LogP contribution in [-0.2, 0) is 6.54 Å². The molecule has 0 aliphatic carbocycles. The smallest absolute Gasteiger partial charge is 0.311 e. The molecule has 0 bridgehead atoms. The van der Waals surface area contributed by atoms with Crippen molar-refractivity contribution in [2.45, 2.75) is 6.54 Å². The molecule has 1 aromatic heterocycles. The van der Waals surface area contributed by atoms with Crippen LogP contribution in [0, 0.1) is 10.1 Å². The van der Waals surface area contributed by atoms with Gasteiger partial charge in [0.15, 0.2) is 0 Å². The van der Waals surface area contributed by atoms with Crippen LogP contribution in [0.15, 0.2) is 30.3 Å². The van der Waals surface area contributed by atoms with Crippen LogP contribution in [0.25, 0.3) is 0 Å². The molecule has 0 amide bonds. The first-order valence-electron chi connectivity index (χ1n) is 5.46. The van der Waals surface area contributed by atoms with E-state index >= 15 is 0 Å². The summed E-state index contributed by atoms with van der Waals surface area (Å²) >= 11 is 17.4. The first kappa shape index (κ1) is 14.8. The van der Waals surface area contributed by atoms with E-state index in [-0.39, 0.29) is 16.7 Å². The van der Waals surface area contributed by atoms with Crippen LogP contribution in [-0.4, -0.2) is 9.91 Å². The Kier molecular flexibility index (Phi) is 4.65. The van der Waals surface area contributed by atoms with E-state index in [4.69, 9.17) is 34.8 Å². The van der Waals surface area contributed by atoms with Gasteiger partial charge in [-0.25, -0.2) is 4.98 Å². The summed E-state index contributed by atoms with van der Waals surface area (Å²) in [4.78, 5) is 14.3. The molecule has 0 unspecified atom stereocenters. The van der Waals surface area contributed by atoms with Gasteiger partial charge in [0, 0.05) is 12.6 Å². The summed E-state index contributed by atoms with van der Waals surface area (Å²) < 4.78 is 0. The lowest BCUT2D eigenvalue weighted by Gasteiger charge is -2.07. The van der Waals surface area contributed by atoms with Crippen molar-refractivity contribution in [2.24, 2.45) is 0 Å². The lowest BCUT2D eigenvalue weighted by atomic mass is 10.2. The molecule has 20 heavy (non-hydrogen) atoms. The van der Waals surface area contributed by atoms with Gasteiger partial charge in [-0.15, -0.1) is 0 Å². The fourth-order valence-corrected chi connectivity index (χ4v) is 2.01. The third kappa shape index (κ3) is 3.50. The zero-order valence-corrected chi connectivity index (χ0v) is 12.2. The van der Waals surface area contributed by atoms with Crippen molar-refractivity contribution in [1.29, 1.82) is 0 Å². The van der Waals surface area contributed by atoms with E-state index in [1.54, 1.807) is 18.2 Å². The van der Waals surface area contributed by atoms with E-state index in [9.17, 15) is 10.1 Å². The Bertz CT molecular complexity index is 664. The van der Waals surface area contributed by atoms with E-state index in [1.165, 1.54) is 12.1 Å². The van der Waals surface area contributed by atoms with Crippen LogP contribution in [0.2, 0.25) is 15.2 Å². The molecule has 0 aliphatic heterocycles. The van der Waals surface area contributed by atoms with E-state index in [1.807, 2.05) is 0 Å². The molecule has 8 heteroatoms. The molecule has 0 spiro atoms. The SMILES string of the molecule is O=[N+]([O-])c1ccc(Cl)nc1NCc1ccc(Cl)c(Cl)c1. The number of hydrogen-bond acceptors (Lipinski definition) is 4. The predicted molar refractivity (Wildman–Crippen MR) is 79.7 cm³/mol. The molecule has 2 aromatic rings. The number of rotatable bonds is 4. The second-order valence-corrected chi connectivity index (χ2v) is 5.06. The number of anilines is 1. The molecule has 0 saturated carbocycles. The highest BCUT2D eigenvalue weighted by Crippen LogP contribution is 2.26. The zero-order chi connectivity index (χ0) is 14.7. The number of benzene rings is 1. The first-order chi connectivity index (χ1) is 9.47. The average Bonchev–Trinajstić information content (AvgIpc) is 2.40. The Morgan fingerprint density at radius 3 is 2.55 bits per heavy atom. The second-order valence-electron chi connectivity index (χ2n) is 3.86. The highest BCUT2D eigenvalue weighted by Gasteiger charge is 2.15. The van der Waals surface area contributed by atoms with Gasteiger partial charge in [-0.2, -0.15) is 0 Å². The third-order valence-corrected chi connectivity index (χ3v) is 3.43. The lowest BCUT2D eigenvalue weighted by molar-refractivity contribution is -0.384. The van der Waals surface area contributed by atoms with Crippen LogP contribution >= 0.6 is 34.8 Å². The highest BCUT2D eigenvalue weighted by atomic mass is 35.5. The number of halogens is 3. The lowest BCUT2D eigenvalue weighted by Crippen LogP contribution is -2.04. The average molecular weight is 333 g/mol. The van der Waals surface area contributed by atoms with Crippen molar-refractivity contribution in [1.82, 2.24) is 4.98 Å². The fraction of sp³-hybridized carbons (Fsp3) is 0.0833. The van der Waals surface area contributed by atoms with Crippen molar-refractivity contribution in [3.8, 4) is 0 Å². The maximum atomic E-state index is 10.9. The Morgan fingerprint density at radius 1 is 1.15 bits per heavy atom. The predicted octanol–water partition coefficient (Wildman–Crippen LogP) is 4.56. The molecule has 1 heterocycles. The number of nitrogens with one attached hydrogen (secondary N) is 1. The van der Waals surface area contributed by atoms with Gasteiger partial charge >= 0.3 is 5.69 Å². The van der Waals surface area contributed by atoms with E-state index < -0.39 is 4.92 Å². The summed E-state index contributed by atoms with van der Waals surface area (Å²) in [7, 11) is 0. The molecular weight excluding hydrogens is 325 g/mol. The maximum absolute atomic E-state index is 10.9. The largest absolute Gasteiger partial charge is 0.360 e. The number of aromatic nitrogens is 1. The summed E-state index contributed by atoms with van der Waals surface area (Å²) in [6.45, 7) is 0.311. The molecule has 1 N–H and O–H groups in total. The number of nitro groups is 1. The molecule has 2 rings (SSSR count). The van der Waals surface area contributed by atoms with Gasteiger partial charge in [-0.05, 0) is 23.8 Å². The first-order valence-corrected chi connectivity index (χ1v) is 6.59. The zero-order valence-electron chi connectivity index (χ0n) is 9.94. The topological polar surface area (TPSA) is 68.1 Å². The van der Waals surface area contributed by atoms with Gasteiger partial charge in [-0.3, -0.25) is 10.1 Å². The van der Waals surface area contributed by atoms with Crippen LogP contribution in [0.3, 0.4) is 0 Å². The fourth-order valence-electron chi connectivity index (χ4n) is 1.54. The van der Waals surface area contributed by atoms with Crippen LogP contribution in [0.5, 0.6) is 0 Å². The maximum Gasteiger partial charge on any atom is 0.311 e. The molecule has 0 aliphatic rings. The molecule has 5 nitrogen and oxygen atoms in total. The normalized spacial score (nSPS) is 10.3.